The first kappa shape index (κ1) is 17.2. The smallest absolute Gasteiger partial charge is 0.337 e. The molecule has 3 aromatic heterocycles. The number of nitrogens with zero attached hydrogens (tertiary/aromatic N) is 4. The molecule has 0 aliphatic carbocycles. The van der Waals surface area contributed by atoms with E-state index in [0.717, 1.165) is 5.69 Å². The van der Waals surface area contributed by atoms with E-state index in [2.05, 4.69) is 35.8 Å². The zero-order valence-electron chi connectivity index (χ0n) is 14.7. The maximum atomic E-state index is 11.6. The van der Waals surface area contributed by atoms with Crippen molar-refractivity contribution in [1.82, 2.24) is 25.1 Å². The van der Waals surface area contributed by atoms with E-state index in [-0.39, 0.29) is 0 Å². The molecule has 0 spiro atoms. The molecule has 4 aromatic rings. The maximum absolute atomic E-state index is 11.6. The van der Waals surface area contributed by atoms with Gasteiger partial charge in [0, 0.05) is 11.8 Å². The summed E-state index contributed by atoms with van der Waals surface area (Å²) < 4.78 is 10.0. The minimum Gasteiger partial charge on any atom is -0.465 e. The van der Waals surface area contributed by atoms with Crippen molar-refractivity contribution < 1.29 is 13.9 Å². The van der Waals surface area contributed by atoms with Crippen LogP contribution in [0.15, 0.2) is 59.5 Å². The van der Waals surface area contributed by atoms with Crippen LogP contribution in [0.2, 0.25) is 0 Å². The fraction of sp³-hybridized carbons (Fsp3) is 0.0556. The number of esters is 1. The van der Waals surface area contributed by atoms with Gasteiger partial charge in [0.05, 0.1) is 18.9 Å². The van der Waals surface area contributed by atoms with E-state index in [1.165, 1.54) is 13.4 Å². The highest BCUT2D eigenvalue weighted by molar-refractivity contribution is 5.90. The van der Waals surface area contributed by atoms with Gasteiger partial charge in [-0.1, -0.05) is 6.07 Å². The molecule has 0 aliphatic heterocycles. The Hall–Kier alpha value is -4.21. The lowest BCUT2D eigenvalue weighted by atomic mass is 10.2. The number of ether oxygens (including phenoxy) is 1. The summed E-state index contributed by atoms with van der Waals surface area (Å²) in [6, 6.07) is 12.2. The zero-order valence-corrected chi connectivity index (χ0v) is 14.7. The number of nitrogens with one attached hydrogen (secondary N) is 3. The second-order valence-electron chi connectivity index (χ2n) is 5.60. The van der Waals surface area contributed by atoms with E-state index in [1.54, 1.807) is 42.7 Å². The van der Waals surface area contributed by atoms with E-state index >= 15 is 0 Å². The summed E-state index contributed by atoms with van der Waals surface area (Å²) in [5, 5.41) is 13.0. The van der Waals surface area contributed by atoms with Crippen LogP contribution in [0.3, 0.4) is 0 Å². The quantitative estimate of drug-likeness (QED) is 0.434. The van der Waals surface area contributed by atoms with Gasteiger partial charge >= 0.3 is 5.97 Å². The second-order valence-corrected chi connectivity index (χ2v) is 5.60. The van der Waals surface area contributed by atoms with Gasteiger partial charge < -0.3 is 19.8 Å². The number of methoxy groups -OCH3 is 1. The Bertz CT molecular complexity index is 1090. The Morgan fingerprint density at radius 3 is 2.75 bits per heavy atom. The molecular formula is C18H15N7O3. The van der Waals surface area contributed by atoms with Crippen molar-refractivity contribution in [2.24, 2.45) is 0 Å². The molecule has 0 amide bonds. The number of benzene rings is 1. The fourth-order valence-electron chi connectivity index (χ4n) is 2.45. The summed E-state index contributed by atoms with van der Waals surface area (Å²) in [5.41, 5.74) is 1.78. The second kappa shape index (κ2) is 7.58. The van der Waals surface area contributed by atoms with Gasteiger partial charge in [-0.05, 0) is 30.3 Å². The lowest BCUT2D eigenvalue weighted by molar-refractivity contribution is 0.0601. The van der Waals surface area contributed by atoms with E-state index in [9.17, 15) is 4.79 Å². The third kappa shape index (κ3) is 3.80. The van der Waals surface area contributed by atoms with Gasteiger partial charge in [-0.2, -0.15) is 10.1 Å². The largest absolute Gasteiger partial charge is 0.465 e. The summed E-state index contributed by atoms with van der Waals surface area (Å²) in [7, 11) is 1.33. The molecule has 140 valence electrons. The lowest BCUT2D eigenvalue weighted by Crippen LogP contribution is -2.04. The van der Waals surface area contributed by atoms with Crippen molar-refractivity contribution in [3.63, 3.8) is 0 Å². The summed E-state index contributed by atoms with van der Waals surface area (Å²) in [6.07, 6.45) is 2.95. The molecule has 0 unspecified atom stereocenters. The van der Waals surface area contributed by atoms with E-state index in [4.69, 9.17) is 9.15 Å². The minimum atomic E-state index is -0.424. The van der Waals surface area contributed by atoms with Crippen LogP contribution in [0, 0.1) is 0 Å². The van der Waals surface area contributed by atoms with E-state index in [1.807, 2.05) is 6.07 Å². The summed E-state index contributed by atoms with van der Waals surface area (Å²) in [4.78, 5) is 24.1. The van der Waals surface area contributed by atoms with Crippen LogP contribution in [0.1, 0.15) is 10.4 Å². The van der Waals surface area contributed by atoms with Gasteiger partial charge in [0.25, 0.3) is 0 Å². The van der Waals surface area contributed by atoms with Crippen molar-refractivity contribution in [1.29, 1.82) is 0 Å². The highest BCUT2D eigenvalue weighted by atomic mass is 16.5. The number of H-pyrrole nitrogens is 1. The number of anilines is 4. The standard InChI is InChI=1S/C18H15N7O3/c1-27-16(26)11-4-2-5-12(8-11)21-17-19-10-20-18(23-17)22-15-9-13(24-25-15)14-6-3-7-28-14/h2-10H,1H3,(H3,19,20,21,22,23,24,25). The first-order chi connectivity index (χ1) is 13.7. The number of furan rings is 1. The Balaban J connectivity index is 1.48. The van der Waals surface area contributed by atoms with Crippen LogP contribution < -0.4 is 10.6 Å². The lowest BCUT2D eigenvalue weighted by Gasteiger charge is -2.07. The molecule has 3 N–H and O–H groups in total. The molecule has 3 heterocycles. The topological polar surface area (TPSA) is 131 Å². The van der Waals surface area contributed by atoms with Crippen molar-refractivity contribution in [2.75, 3.05) is 17.7 Å². The average molecular weight is 377 g/mol. The Labute approximate surface area is 159 Å². The maximum Gasteiger partial charge on any atom is 0.337 e. The summed E-state index contributed by atoms with van der Waals surface area (Å²) in [5.74, 6) is 1.38. The Kier molecular flexibility index (Phi) is 4.66. The van der Waals surface area contributed by atoms with Crippen molar-refractivity contribution in [3.05, 3.63) is 60.6 Å². The summed E-state index contributed by atoms with van der Waals surface area (Å²) in [6.45, 7) is 0. The molecule has 0 bridgehead atoms. The number of carbonyl (C=O) groups excluding carboxylic acids is 1. The van der Waals surface area contributed by atoms with Gasteiger partial charge in [0.2, 0.25) is 11.9 Å². The minimum absolute atomic E-state index is 0.305. The number of aromatic amines is 1. The number of hydrogen-bond acceptors (Lipinski definition) is 9. The van der Waals surface area contributed by atoms with Gasteiger partial charge in [-0.15, -0.1) is 0 Å². The first-order valence-electron chi connectivity index (χ1n) is 8.22. The number of hydrogen-bond donors (Lipinski definition) is 3. The molecule has 1 aromatic carbocycles. The fourth-order valence-corrected chi connectivity index (χ4v) is 2.45. The molecule has 0 atom stereocenters. The van der Waals surface area contributed by atoms with Crippen LogP contribution in [0.5, 0.6) is 0 Å². The SMILES string of the molecule is COC(=O)c1cccc(Nc2ncnc(Nc3cc(-c4ccco4)[nH]n3)n2)c1. The van der Waals surface area contributed by atoms with Crippen LogP contribution >= 0.6 is 0 Å². The van der Waals surface area contributed by atoms with Crippen LogP contribution in [0.4, 0.5) is 23.4 Å². The van der Waals surface area contributed by atoms with Crippen molar-refractivity contribution >= 4 is 29.4 Å². The van der Waals surface area contributed by atoms with E-state index in [0.29, 0.717) is 34.7 Å². The van der Waals surface area contributed by atoms with E-state index < -0.39 is 5.97 Å². The van der Waals surface area contributed by atoms with Gasteiger partial charge in [0.15, 0.2) is 11.6 Å². The molecule has 0 saturated carbocycles. The van der Waals surface area contributed by atoms with Crippen molar-refractivity contribution in [2.45, 2.75) is 0 Å². The molecule has 4 rings (SSSR count). The molecule has 0 aliphatic rings. The predicted molar refractivity (Wildman–Crippen MR) is 100 cm³/mol. The van der Waals surface area contributed by atoms with Gasteiger partial charge in [-0.25, -0.2) is 14.8 Å². The van der Waals surface area contributed by atoms with Crippen LogP contribution in [-0.2, 0) is 4.74 Å². The number of carbonyl (C=O) groups is 1. The molecule has 0 fully saturated rings. The normalized spacial score (nSPS) is 10.5. The third-order valence-corrected chi connectivity index (χ3v) is 3.72. The predicted octanol–water partition coefficient (Wildman–Crippen LogP) is 3.13. The molecule has 10 heteroatoms. The average Bonchev–Trinajstić information content (AvgIpc) is 3.40. The molecular weight excluding hydrogens is 362 g/mol. The molecule has 28 heavy (non-hydrogen) atoms. The molecule has 10 nitrogen and oxygen atoms in total. The van der Waals surface area contributed by atoms with Crippen LogP contribution in [-0.4, -0.2) is 38.2 Å². The van der Waals surface area contributed by atoms with Crippen LogP contribution in [0.25, 0.3) is 11.5 Å². The van der Waals surface area contributed by atoms with Gasteiger partial charge in [-0.3, -0.25) is 5.10 Å². The zero-order chi connectivity index (χ0) is 19.3. The van der Waals surface area contributed by atoms with Crippen molar-refractivity contribution in [3.8, 4) is 11.5 Å². The Morgan fingerprint density at radius 1 is 1.11 bits per heavy atom. The molecule has 0 saturated heterocycles. The van der Waals surface area contributed by atoms with Gasteiger partial charge in [0.1, 0.15) is 12.0 Å². The summed E-state index contributed by atoms with van der Waals surface area (Å²) >= 11 is 0. The highest BCUT2D eigenvalue weighted by Crippen LogP contribution is 2.21. The molecule has 0 radical (unpaired) electrons. The Morgan fingerprint density at radius 2 is 1.96 bits per heavy atom. The monoisotopic (exact) mass is 377 g/mol. The first-order valence-corrected chi connectivity index (χ1v) is 8.22. The number of aromatic nitrogens is 5. The number of rotatable bonds is 6. The third-order valence-electron chi connectivity index (χ3n) is 3.72. The highest BCUT2D eigenvalue weighted by Gasteiger charge is 2.09.